The average molecular weight is 683 g/mol. The van der Waals surface area contributed by atoms with E-state index in [2.05, 4.69) is 14.9 Å². The summed E-state index contributed by atoms with van der Waals surface area (Å²) in [6, 6.07) is 2.27. The van der Waals surface area contributed by atoms with Gasteiger partial charge in [-0.15, -0.1) is 0 Å². The fourth-order valence-corrected chi connectivity index (χ4v) is 7.27. The SMILES string of the molecule is O=C(Cc1c(F)cc(OCCC2CC3(CCN(c4ncc(Cl)cn4)CC3)C2)cc1F)N1CC(CCC[C@H](O)[C@@H](O)[C@H](O)[C@H](O)CO)C1. The Morgan fingerprint density at radius 2 is 1.60 bits per heavy atom. The van der Waals surface area contributed by atoms with Crippen molar-refractivity contribution < 1.29 is 43.8 Å². The zero-order valence-electron chi connectivity index (χ0n) is 26.4. The monoisotopic (exact) mass is 682 g/mol. The lowest BCUT2D eigenvalue weighted by Crippen LogP contribution is -2.50. The van der Waals surface area contributed by atoms with Crippen molar-refractivity contribution >= 4 is 23.5 Å². The molecular formula is C33H45ClF2N4O7. The summed E-state index contributed by atoms with van der Waals surface area (Å²) in [5, 5.41) is 48.4. The molecule has 1 saturated carbocycles. The van der Waals surface area contributed by atoms with E-state index in [-0.39, 0.29) is 29.6 Å². The summed E-state index contributed by atoms with van der Waals surface area (Å²) in [6.07, 6.45) is 3.21. The minimum atomic E-state index is -1.67. The van der Waals surface area contributed by atoms with Gasteiger partial charge in [0.1, 0.15) is 35.7 Å². The van der Waals surface area contributed by atoms with Gasteiger partial charge in [0.2, 0.25) is 11.9 Å². The van der Waals surface area contributed by atoms with E-state index in [1.165, 1.54) is 4.90 Å². The second kappa shape index (κ2) is 15.7. The van der Waals surface area contributed by atoms with Crippen molar-refractivity contribution in [3.05, 3.63) is 46.7 Å². The first-order valence-corrected chi connectivity index (χ1v) is 16.8. The number of aliphatic hydroxyl groups is 5. The molecule has 1 aliphatic carbocycles. The Labute approximate surface area is 278 Å². The first kappa shape index (κ1) is 35.6. The van der Waals surface area contributed by atoms with Crippen LogP contribution in [0.5, 0.6) is 5.75 Å². The minimum absolute atomic E-state index is 0.108. The van der Waals surface area contributed by atoms with Gasteiger partial charge in [-0.25, -0.2) is 18.7 Å². The van der Waals surface area contributed by atoms with Crippen molar-refractivity contribution in [3.63, 3.8) is 0 Å². The summed E-state index contributed by atoms with van der Waals surface area (Å²) in [6.45, 7) is 2.27. The van der Waals surface area contributed by atoms with E-state index in [1.807, 2.05) is 0 Å². The van der Waals surface area contributed by atoms with E-state index in [4.69, 9.17) is 21.4 Å². The van der Waals surface area contributed by atoms with Crippen LogP contribution in [-0.4, -0.2) is 110 Å². The van der Waals surface area contributed by atoms with Crippen molar-refractivity contribution in [1.29, 1.82) is 0 Å². The van der Waals surface area contributed by atoms with Crippen LogP contribution in [0.3, 0.4) is 0 Å². The quantitative estimate of drug-likeness (QED) is 0.189. The van der Waals surface area contributed by atoms with Crippen LogP contribution in [0.4, 0.5) is 14.7 Å². The molecule has 47 heavy (non-hydrogen) atoms. The highest BCUT2D eigenvalue weighted by Crippen LogP contribution is 2.53. The van der Waals surface area contributed by atoms with Crippen molar-refractivity contribution in [2.24, 2.45) is 17.3 Å². The molecule has 2 saturated heterocycles. The maximum atomic E-state index is 14.8. The number of piperidine rings is 1. The summed E-state index contributed by atoms with van der Waals surface area (Å²) in [5.41, 5.74) is 0.0435. The molecule has 1 aromatic heterocycles. The molecule has 0 unspecified atom stereocenters. The zero-order chi connectivity index (χ0) is 33.7. The van der Waals surface area contributed by atoms with Crippen LogP contribution in [0.1, 0.15) is 56.9 Å². The first-order chi connectivity index (χ1) is 22.5. The topological polar surface area (TPSA) is 160 Å². The van der Waals surface area contributed by atoms with Gasteiger partial charge >= 0.3 is 0 Å². The van der Waals surface area contributed by atoms with Gasteiger partial charge in [0.25, 0.3) is 0 Å². The molecule has 4 atom stereocenters. The van der Waals surface area contributed by atoms with Gasteiger partial charge in [-0.3, -0.25) is 4.79 Å². The molecule has 11 nitrogen and oxygen atoms in total. The number of amides is 1. The highest BCUT2D eigenvalue weighted by molar-refractivity contribution is 6.30. The third-order valence-electron chi connectivity index (χ3n) is 10.1. The number of ether oxygens (including phenoxy) is 1. The molecule has 0 bridgehead atoms. The molecule has 2 aliphatic heterocycles. The van der Waals surface area contributed by atoms with Gasteiger partial charge in [0.15, 0.2) is 0 Å². The molecule has 0 radical (unpaired) electrons. The van der Waals surface area contributed by atoms with Crippen LogP contribution in [0, 0.1) is 28.9 Å². The fraction of sp³-hybridized carbons (Fsp3) is 0.667. The minimum Gasteiger partial charge on any atom is -0.493 e. The molecule has 14 heteroatoms. The van der Waals surface area contributed by atoms with Gasteiger partial charge < -0.3 is 40.1 Å². The number of rotatable bonds is 15. The van der Waals surface area contributed by atoms with Gasteiger partial charge in [0.05, 0.1) is 43.2 Å². The molecule has 1 spiro atoms. The number of likely N-dealkylation sites (tertiary alicyclic amines) is 1. The van der Waals surface area contributed by atoms with Gasteiger partial charge in [-0.1, -0.05) is 18.0 Å². The molecule has 1 aromatic carbocycles. The number of benzene rings is 1. The third-order valence-corrected chi connectivity index (χ3v) is 10.3. The van der Waals surface area contributed by atoms with Crippen LogP contribution >= 0.6 is 11.6 Å². The van der Waals surface area contributed by atoms with E-state index in [0.29, 0.717) is 54.8 Å². The second-order valence-corrected chi connectivity index (χ2v) is 14.0. The number of anilines is 1. The first-order valence-electron chi connectivity index (χ1n) is 16.4. The fourth-order valence-electron chi connectivity index (χ4n) is 7.17. The summed E-state index contributed by atoms with van der Waals surface area (Å²) in [5.74, 6) is -0.542. The summed E-state index contributed by atoms with van der Waals surface area (Å²) < 4.78 is 35.4. The Kier molecular flexibility index (Phi) is 11.9. The Bertz CT molecular complexity index is 1310. The molecule has 3 fully saturated rings. The number of carbonyl (C=O) groups excluding carboxylic acids is 1. The Hall–Kier alpha value is -2.68. The Morgan fingerprint density at radius 1 is 0.979 bits per heavy atom. The molecule has 260 valence electrons. The number of halogens is 3. The van der Waals surface area contributed by atoms with Gasteiger partial charge in [-0.05, 0) is 62.2 Å². The normalized spacial score (nSPS) is 20.8. The number of hydrogen-bond donors (Lipinski definition) is 5. The smallest absolute Gasteiger partial charge is 0.227 e. The van der Waals surface area contributed by atoms with Crippen LogP contribution in [0.25, 0.3) is 0 Å². The maximum absolute atomic E-state index is 14.8. The predicted molar refractivity (Wildman–Crippen MR) is 169 cm³/mol. The van der Waals surface area contributed by atoms with E-state index in [1.54, 1.807) is 12.4 Å². The number of hydrogen-bond acceptors (Lipinski definition) is 10. The van der Waals surface area contributed by atoms with E-state index >= 15 is 0 Å². The van der Waals surface area contributed by atoms with Crippen LogP contribution in [-0.2, 0) is 11.2 Å². The third kappa shape index (κ3) is 8.87. The zero-order valence-corrected chi connectivity index (χ0v) is 27.1. The lowest BCUT2D eigenvalue weighted by atomic mass is 9.57. The summed E-state index contributed by atoms with van der Waals surface area (Å²) >= 11 is 5.90. The number of aromatic nitrogens is 2. The van der Waals surface area contributed by atoms with Crippen LogP contribution in [0.15, 0.2) is 24.5 Å². The molecule has 3 aliphatic rings. The predicted octanol–water partition coefficient (Wildman–Crippen LogP) is 2.48. The lowest BCUT2D eigenvalue weighted by Gasteiger charge is -2.52. The number of carbonyl (C=O) groups is 1. The largest absolute Gasteiger partial charge is 0.493 e. The number of aliphatic hydroxyl groups excluding tert-OH is 5. The number of nitrogens with zero attached hydrogens (tertiary/aromatic N) is 4. The van der Waals surface area contributed by atoms with Crippen LogP contribution in [0.2, 0.25) is 5.02 Å². The highest BCUT2D eigenvalue weighted by atomic mass is 35.5. The molecule has 2 aromatic rings. The maximum Gasteiger partial charge on any atom is 0.227 e. The second-order valence-electron chi connectivity index (χ2n) is 13.5. The highest BCUT2D eigenvalue weighted by Gasteiger charge is 2.45. The van der Waals surface area contributed by atoms with Crippen molar-refractivity contribution in [2.45, 2.75) is 82.2 Å². The Morgan fingerprint density at radius 3 is 2.21 bits per heavy atom. The summed E-state index contributed by atoms with van der Waals surface area (Å²) in [4.78, 5) is 25.0. The average Bonchev–Trinajstić information content (AvgIpc) is 3.02. The molecule has 5 rings (SSSR count). The summed E-state index contributed by atoms with van der Waals surface area (Å²) in [7, 11) is 0. The lowest BCUT2D eigenvalue weighted by molar-refractivity contribution is -0.137. The van der Waals surface area contributed by atoms with Crippen molar-refractivity contribution in [3.8, 4) is 5.75 Å². The molecule has 1 amide bonds. The molecule has 5 N–H and O–H groups in total. The van der Waals surface area contributed by atoms with E-state index in [9.17, 15) is 34.0 Å². The van der Waals surface area contributed by atoms with Gasteiger partial charge in [-0.2, -0.15) is 0 Å². The standard InChI is InChI=1S/C33H45ClF2N4O7/c34-22-15-37-32(38-16-22)39-7-5-33(6-8-39)13-20(14-33)4-9-47-23-10-25(35)24(26(36)11-23)12-29(44)40-17-21(18-40)2-1-3-27(42)30(45)31(46)28(43)19-41/h10-11,15-16,20-21,27-28,30-31,41-43,45-46H,1-9,12-14,17-19H2/t27-,28+,30+,31+/m0/s1. The van der Waals surface area contributed by atoms with E-state index in [0.717, 1.165) is 57.3 Å². The van der Waals surface area contributed by atoms with Crippen molar-refractivity contribution in [2.75, 3.05) is 44.3 Å². The Balaban J connectivity index is 0.970. The van der Waals surface area contributed by atoms with Crippen LogP contribution < -0.4 is 9.64 Å². The van der Waals surface area contributed by atoms with Crippen molar-refractivity contribution in [1.82, 2.24) is 14.9 Å². The van der Waals surface area contributed by atoms with Gasteiger partial charge in [0, 0.05) is 43.9 Å². The molecule has 3 heterocycles. The van der Waals surface area contributed by atoms with E-state index < -0.39 is 49.1 Å². The molecular weight excluding hydrogens is 638 g/mol.